The molecular weight excluding hydrogens is 371 g/mol. The van der Waals surface area contributed by atoms with E-state index in [4.69, 9.17) is 23.2 Å². The largest absolute Gasteiger partial charge is 0.508 e. The summed E-state index contributed by atoms with van der Waals surface area (Å²) in [5, 5.41) is 11.1. The Kier molecular flexibility index (Phi) is 7.13. The number of carbonyl (C=O) groups excluding carboxylic acids is 1. The number of rotatable bonds is 6. The number of hydrogen-bond donors (Lipinski definition) is 1. The van der Waals surface area contributed by atoms with Crippen LogP contribution in [-0.4, -0.2) is 18.2 Å². The minimum Gasteiger partial charge on any atom is -0.508 e. The predicted octanol–water partition coefficient (Wildman–Crippen LogP) is 5.99. The number of hydrogen-bond acceptors (Lipinski definition) is 3. The highest BCUT2D eigenvalue weighted by atomic mass is 35.5. The second-order valence-electron chi connectivity index (χ2n) is 6.37. The van der Waals surface area contributed by atoms with Gasteiger partial charge in [0.2, 0.25) is 0 Å². The van der Waals surface area contributed by atoms with Crippen LogP contribution in [0.5, 0.6) is 5.75 Å². The van der Waals surface area contributed by atoms with Gasteiger partial charge in [0, 0.05) is 16.5 Å². The highest BCUT2D eigenvalue weighted by molar-refractivity contribution is 6.36. The summed E-state index contributed by atoms with van der Waals surface area (Å²) in [5.41, 5.74) is 3.58. The van der Waals surface area contributed by atoms with Gasteiger partial charge in [0.15, 0.2) is 0 Å². The molecule has 0 aliphatic heterocycles. The van der Waals surface area contributed by atoms with Crippen molar-refractivity contribution in [2.24, 2.45) is 0 Å². The minimum absolute atomic E-state index is 0.193. The van der Waals surface area contributed by atoms with E-state index in [1.807, 2.05) is 38.1 Å². The lowest BCUT2D eigenvalue weighted by Crippen LogP contribution is -1.97. The minimum atomic E-state index is -0.302. The molecule has 0 saturated heterocycles. The predicted molar refractivity (Wildman–Crippen MR) is 107 cm³/mol. The first-order chi connectivity index (χ1) is 12.3. The molecule has 0 heterocycles. The molecule has 0 fully saturated rings. The average Bonchev–Trinajstić information content (AvgIpc) is 2.59. The van der Waals surface area contributed by atoms with E-state index in [2.05, 4.69) is 4.74 Å². The van der Waals surface area contributed by atoms with Gasteiger partial charge in [0.25, 0.3) is 0 Å². The number of phenolic OH excluding ortho intramolecular Hbond substituents is 1. The maximum atomic E-state index is 11.1. The second-order valence-corrected chi connectivity index (χ2v) is 7.18. The van der Waals surface area contributed by atoms with Crippen LogP contribution in [-0.2, 0) is 16.0 Å². The molecule has 0 amide bonds. The first-order valence-electron chi connectivity index (χ1n) is 8.35. The lowest BCUT2D eigenvalue weighted by atomic mass is 9.96. The number of phenols is 1. The topological polar surface area (TPSA) is 46.5 Å². The van der Waals surface area contributed by atoms with Crippen molar-refractivity contribution in [1.29, 1.82) is 0 Å². The van der Waals surface area contributed by atoms with Crippen LogP contribution in [0, 0.1) is 0 Å². The third-order valence-corrected chi connectivity index (χ3v) is 4.76. The molecule has 2 aromatic rings. The van der Waals surface area contributed by atoms with Gasteiger partial charge in [-0.2, -0.15) is 0 Å². The summed E-state index contributed by atoms with van der Waals surface area (Å²) in [4.78, 5) is 11.1. The average molecular weight is 393 g/mol. The van der Waals surface area contributed by atoms with Gasteiger partial charge >= 0.3 is 5.97 Å². The summed E-state index contributed by atoms with van der Waals surface area (Å²) >= 11 is 12.9. The zero-order valence-electron chi connectivity index (χ0n) is 15.1. The molecule has 0 aliphatic rings. The van der Waals surface area contributed by atoms with Crippen molar-refractivity contribution in [3.63, 3.8) is 0 Å². The zero-order chi connectivity index (χ0) is 19.3. The van der Waals surface area contributed by atoms with E-state index in [-0.39, 0.29) is 18.3 Å². The number of halogens is 2. The fourth-order valence-electron chi connectivity index (χ4n) is 2.64. The summed E-state index contributed by atoms with van der Waals surface area (Å²) in [6.45, 7) is 4.07. The Morgan fingerprint density at radius 1 is 1.19 bits per heavy atom. The molecule has 0 radical (unpaired) electrons. The fraction of sp³-hybridized carbons (Fsp3) is 0.286. The maximum Gasteiger partial charge on any atom is 0.309 e. The first kappa shape index (κ1) is 20.3. The summed E-state index contributed by atoms with van der Waals surface area (Å²) in [5.74, 6) is 0.221. The number of esters is 1. The van der Waals surface area contributed by atoms with Gasteiger partial charge in [0.1, 0.15) is 5.75 Å². The van der Waals surface area contributed by atoms with Crippen LogP contribution in [0.3, 0.4) is 0 Å². The van der Waals surface area contributed by atoms with Crippen molar-refractivity contribution in [3.8, 4) is 5.75 Å². The summed E-state index contributed by atoms with van der Waals surface area (Å²) < 4.78 is 4.60. The molecule has 138 valence electrons. The molecule has 3 nitrogen and oxygen atoms in total. The summed E-state index contributed by atoms with van der Waals surface area (Å²) in [7, 11) is 1.35. The quantitative estimate of drug-likeness (QED) is 0.614. The van der Waals surface area contributed by atoms with Crippen molar-refractivity contribution in [3.05, 3.63) is 68.7 Å². The van der Waals surface area contributed by atoms with E-state index in [9.17, 15) is 9.90 Å². The number of methoxy groups -OCH3 is 1. The molecular formula is C21H22Cl2O3. The van der Waals surface area contributed by atoms with Gasteiger partial charge in [-0.3, -0.25) is 4.79 Å². The van der Waals surface area contributed by atoms with E-state index in [0.717, 1.165) is 22.3 Å². The van der Waals surface area contributed by atoms with E-state index < -0.39 is 0 Å². The van der Waals surface area contributed by atoms with Crippen molar-refractivity contribution in [2.45, 2.75) is 32.6 Å². The Labute approximate surface area is 164 Å². The standard InChI is InChI=1S/C21H22Cl2O3/c1-13(2)16-9-15(7-8-20(16)24)10-17-18(22)11-14(12-19(17)23)5-4-6-21(25)26-3/h4-5,7-9,11-13,24H,6,10H2,1-3H3/b5-4+. The first-order valence-corrected chi connectivity index (χ1v) is 9.10. The number of aromatic hydroxyl groups is 1. The van der Waals surface area contributed by atoms with Crippen LogP contribution in [0.25, 0.3) is 6.08 Å². The van der Waals surface area contributed by atoms with Crippen molar-refractivity contribution in [2.75, 3.05) is 7.11 Å². The molecule has 1 N–H and O–H groups in total. The smallest absolute Gasteiger partial charge is 0.309 e. The van der Waals surface area contributed by atoms with Crippen LogP contribution in [0.4, 0.5) is 0 Å². The van der Waals surface area contributed by atoms with Gasteiger partial charge in [-0.15, -0.1) is 0 Å². The van der Waals surface area contributed by atoms with E-state index in [1.165, 1.54) is 7.11 Å². The van der Waals surface area contributed by atoms with E-state index in [0.29, 0.717) is 22.2 Å². The highest BCUT2D eigenvalue weighted by Crippen LogP contribution is 2.32. The monoisotopic (exact) mass is 392 g/mol. The second kappa shape index (κ2) is 9.11. The summed E-state index contributed by atoms with van der Waals surface area (Å²) in [6.07, 6.45) is 4.26. The van der Waals surface area contributed by atoms with Gasteiger partial charge in [-0.1, -0.05) is 61.3 Å². The maximum absolute atomic E-state index is 11.1. The third kappa shape index (κ3) is 5.26. The molecule has 0 aliphatic carbocycles. The van der Waals surface area contributed by atoms with E-state index >= 15 is 0 Å². The van der Waals surface area contributed by atoms with Crippen LogP contribution in [0.1, 0.15) is 48.4 Å². The normalized spacial score (nSPS) is 11.3. The Balaban J connectivity index is 2.23. The van der Waals surface area contributed by atoms with Gasteiger partial charge < -0.3 is 9.84 Å². The molecule has 2 aromatic carbocycles. The SMILES string of the molecule is COC(=O)C/C=C/c1cc(Cl)c(Cc2ccc(O)c(C(C)C)c2)c(Cl)c1. The Bertz CT molecular complexity index is 803. The summed E-state index contributed by atoms with van der Waals surface area (Å²) in [6, 6.07) is 9.20. The third-order valence-electron chi connectivity index (χ3n) is 4.08. The Morgan fingerprint density at radius 2 is 1.85 bits per heavy atom. The molecule has 26 heavy (non-hydrogen) atoms. The fourth-order valence-corrected chi connectivity index (χ4v) is 3.28. The number of carbonyl (C=O) groups is 1. The lowest BCUT2D eigenvalue weighted by molar-refractivity contribution is -0.139. The number of benzene rings is 2. The highest BCUT2D eigenvalue weighted by Gasteiger charge is 2.12. The number of ether oxygens (including phenoxy) is 1. The lowest BCUT2D eigenvalue weighted by Gasteiger charge is -2.13. The van der Waals surface area contributed by atoms with E-state index in [1.54, 1.807) is 18.2 Å². The molecule has 0 unspecified atom stereocenters. The van der Waals surface area contributed by atoms with Crippen molar-refractivity contribution in [1.82, 2.24) is 0 Å². The molecule has 5 heteroatoms. The van der Waals surface area contributed by atoms with Crippen LogP contribution in [0.15, 0.2) is 36.4 Å². The van der Waals surface area contributed by atoms with Crippen molar-refractivity contribution < 1.29 is 14.6 Å². The molecule has 0 spiro atoms. The molecule has 0 atom stereocenters. The van der Waals surface area contributed by atoms with Crippen molar-refractivity contribution >= 4 is 35.2 Å². The van der Waals surface area contributed by atoms with Gasteiger partial charge in [-0.25, -0.2) is 0 Å². The zero-order valence-corrected chi connectivity index (χ0v) is 16.6. The van der Waals surface area contributed by atoms with Gasteiger partial charge in [0.05, 0.1) is 13.5 Å². The molecule has 0 saturated carbocycles. The molecule has 0 aromatic heterocycles. The van der Waals surface area contributed by atoms with Crippen LogP contribution in [0.2, 0.25) is 10.0 Å². The molecule has 0 bridgehead atoms. The Hall–Kier alpha value is -1.97. The molecule has 2 rings (SSSR count). The van der Waals surface area contributed by atoms with Crippen LogP contribution >= 0.6 is 23.2 Å². The Morgan fingerprint density at radius 3 is 2.42 bits per heavy atom. The van der Waals surface area contributed by atoms with Gasteiger partial charge in [-0.05, 0) is 46.4 Å². The van der Waals surface area contributed by atoms with Crippen LogP contribution < -0.4 is 0 Å².